The molecule has 1 aromatic carbocycles. The molecule has 1 fully saturated rings. The molecule has 1 amide bonds. The second kappa shape index (κ2) is 7.63. The molecule has 0 radical (unpaired) electrons. The minimum absolute atomic E-state index is 0.121. The third-order valence-corrected chi connectivity index (χ3v) is 10.2. The zero-order chi connectivity index (χ0) is 24.4. The predicted molar refractivity (Wildman–Crippen MR) is 126 cm³/mol. The Balaban J connectivity index is 1.79. The first-order valence-electron chi connectivity index (χ1n) is 10.3. The molecule has 7 nitrogen and oxygen atoms in total. The fraction of sp³-hybridized carbons (Fsp3) is 0.409. The first-order valence-corrected chi connectivity index (χ1v) is 12.2. The molecule has 178 valence electrons. The number of carbonyl (C=O) groups is 1. The van der Waals surface area contributed by atoms with Crippen LogP contribution in [0.2, 0.25) is 5.02 Å². The number of alkyl halides is 1. The van der Waals surface area contributed by atoms with Crippen LogP contribution in [0.4, 0.5) is 14.5 Å². The van der Waals surface area contributed by atoms with Gasteiger partial charge in [-0.1, -0.05) is 11.6 Å². The van der Waals surface area contributed by atoms with Crippen LogP contribution >= 0.6 is 22.2 Å². The molecule has 3 heterocycles. The maximum absolute atomic E-state index is 16.6. The molecule has 0 aliphatic carbocycles. The van der Waals surface area contributed by atoms with E-state index in [0.717, 1.165) is 6.07 Å². The van der Waals surface area contributed by atoms with Gasteiger partial charge in [0.15, 0.2) is 0 Å². The van der Waals surface area contributed by atoms with E-state index >= 15 is 8.78 Å². The quantitative estimate of drug-likeness (QED) is 0.452. The number of carbonyl (C=O) groups excluding carboxylic acids is 1. The number of benzene rings is 1. The summed E-state index contributed by atoms with van der Waals surface area (Å²) in [5.41, 5.74) is 4.67. The maximum atomic E-state index is 16.6. The SMILES string of the molecule is Cc1cc(Cl)cnc1C(=O)Nc1ccc(F)c([C@@]2(C)N=C(N)[C@]3(C)CCC[C@@]2(F)S3(O)O)c1. The highest BCUT2D eigenvalue weighted by molar-refractivity contribution is 8.27. The van der Waals surface area contributed by atoms with E-state index in [1.54, 1.807) is 13.0 Å². The molecule has 3 atom stereocenters. The summed E-state index contributed by atoms with van der Waals surface area (Å²) >= 11 is 5.89. The molecule has 2 aliphatic heterocycles. The number of rotatable bonds is 3. The summed E-state index contributed by atoms with van der Waals surface area (Å²) in [5, 5.41) is 0.349. The molecule has 0 unspecified atom stereocenters. The molecular formula is C22H25ClF2N4O3S. The number of pyridine rings is 1. The summed E-state index contributed by atoms with van der Waals surface area (Å²) in [4.78, 5) is 21.1. The third-order valence-electron chi connectivity index (χ3n) is 6.85. The molecule has 1 saturated heterocycles. The van der Waals surface area contributed by atoms with Crippen molar-refractivity contribution in [2.75, 3.05) is 5.32 Å². The Kier molecular flexibility index (Phi) is 5.52. The van der Waals surface area contributed by atoms with E-state index in [0.29, 0.717) is 17.0 Å². The van der Waals surface area contributed by atoms with E-state index in [1.165, 1.54) is 32.2 Å². The van der Waals surface area contributed by atoms with Crippen molar-refractivity contribution in [3.8, 4) is 0 Å². The summed E-state index contributed by atoms with van der Waals surface area (Å²) in [7, 11) is -3.97. The molecular weight excluding hydrogens is 474 g/mol. The van der Waals surface area contributed by atoms with Crippen molar-refractivity contribution in [2.45, 2.75) is 55.3 Å². The van der Waals surface area contributed by atoms with Gasteiger partial charge in [0.25, 0.3) is 5.91 Å². The normalized spacial score (nSPS) is 31.5. The van der Waals surface area contributed by atoms with E-state index in [9.17, 15) is 13.9 Å². The molecule has 33 heavy (non-hydrogen) atoms. The molecule has 2 aliphatic rings. The van der Waals surface area contributed by atoms with Crippen LogP contribution < -0.4 is 11.1 Å². The largest absolute Gasteiger partial charge is 0.386 e. The lowest BCUT2D eigenvalue weighted by Gasteiger charge is -2.65. The number of aliphatic imine (C=N–C) groups is 1. The van der Waals surface area contributed by atoms with Crippen molar-refractivity contribution in [2.24, 2.45) is 10.7 Å². The van der Waals surface area contributed by atoms with E-state index < -0.39 is 37.6 Å². The van der Waals surface area contributed by atoms with Gasteiger partial charge in [0.1, 0.15) is 27.6 Å². The van der Waals surface area contributed by atoms with Crippen LogP contribution in [0.25, 0.3) is 0 Å². The van der Waals surface area contributed by atoms with Crippen LogP contribution in [0, 0.1) is 12.7 Å². The lowest BCUT2D eigenvalue weighted by atomic mass is 9.81. The van der Waals surface area contributed by atoms with Gasteiger partial charge in [-0.15, -0.1) is 10.6 Å². The van der Waals surface area contributed by atoms with Crippen molar-refractivity contribution in [1.29, 1.82) is 0 Å². The van der Waals surface area contributed by atoms with Crippen LogP contribution in [0.3, 0.4) is 0 Å². The number of aryl methyl sites for hydroxylation is 1. The minimum atomic E-state index is -3.97. The van der Waals surface area contributed by atoms with Crippen LogP contribution in [0.1, 0.15) is 54.7 Å². The second-order valence-corrected chi connectivity index (χ2v) is 12.0. The smallest absolute Gasteiger partial charge is 0.274 e. The Morgan fingerprint density at radius 1 is 1.27 bits per heavy atom. The maximum Gasteiger partial charge on any atom is 0.274 e. The lowest BCUT2D eigenvalue weighted by molar-refractivity contribution is 0.0984. The number of aromatic nitrogens is 1. The number of nitrogens with zero attached hydrogens (tertiary/aromatic N) is 2. The topological polar surface area (TPSA) is 121 Å². The number of hydrogen-bond donors (Lipinski definition) is 4. The molecule has 4 rings (SSSR count). The van der Waals surface area contributed by atoms with Crippen molar-refractivity contribution in [3.05, 3.63) is 58.1 Å². The number of anilines is 1. The molecule has 0 saturated carbocycles. The molecule has 2 aromatic rings. The van der Waals surface area contributed by atoms with Gasteiger partial charge in [-0.3, -0.25) is 18.9 Å². The summed E-state index contributed by atoms with van der Waals surface area (Å²) in [5.74, 6) is -1.51. The fourth-order valence-electron chi connectivity index (χ4n) is 4.74. The van der Waals surface area contributed by atoms with E-state index in [1.807, 2.05) is 0 Å². The Labute approximate surface area is 196 Å². The Hall–Kier alpha value is -2.27. The average molecular weight is 499 g/mol. The number of amides is 1. The second-order valence-electron chi connectivity index (χ2n) is 8.90. The van der Waals surface area contributed by atoms with Gasteiger partial charge in [-0.05, 0) is 63.4 Å². The summed E-state index contributed by atoms with van der Waals surface area (Å²) in [6, 6.07) is 5.20. The Bertz CT molecular complexity index is 1200. The predicted octanol–water partition coefficient (Wildman–Crippen LogP) is 5.38. The van der Waals surface area contributed by atoms with Gasteiger partial charge >= 0.3 is 0 Å². The van der Waals surface area contributed by atoms with Gasteiger partial charge in [-0.25, -0.2) is 13.8 Å². The van der Waals surface area contributed by atoms with Crippen LogP contribution in [0.5, 0.6) is 0 Å². The standard InChI is InChI=1S/C22H25ClF2N4O3S/c1-12-9-13(23)11-27-17(12)18(30)28-14-5-6-16(24)15(10-14)21(3)22(25)8-4-7-20(2,19(26)29-21)33(22,31)32/h5-6,9-11,31-32H,4,7-8H2,1-3H3,(H2,26,29)(H,28,30)/t20-,21+,22+/m0/s1. The van der Waals surface area contributed by atoms with Crippen molar-refractivity contribution >= 4 is 39.6 Å². The third kappa shape index (κ3) is 3.26. The highest BCUT2D eigenvalue weighted by Crippen LogP contribution is 2.76. The minimum Gasteiger partial charge on any atom is -0.386 e. The molecule has 11 heteroatoms. The number of hydrogen-bond acceptors (Lipinski definition) is 6. The number of halogens is 3. The zero-order valence-corrected chi connectivity index (χ0v) is 19.9. The fourth-order valence-corrected chi connectivity index (χ4v) is 7.57. The highest BCUT2D eigenvalue weighted by Gasteiger charge is 2.70. The van der Waals surface area contributed by atoms with Crippen molar-refractivity contribution < 1.29 is 22.7 Å². The van der Waals surface area contributed by atoms with Gasteiger partial charge < -0.3 is 11.1 Å². The van der Waals surface area contributed by atoms with Gasteiger partial charge in [0.05, 0.1) is 5.02 Å². The monoisotopic (exact) mass is 498 g/mol. The van der Waals surface area contributed by atoms with Crippen molar-refractivity contribution in [1.82, 2.24) is 4.98 Å². The van der Waals surface area contributed by atoms with Crippen LogP contribution in [0.15, 0.2) is 35.5 Å². The van der Waals surface area contributed by atoms with E-state index in [4.69, 9.17) is 17.3 Å². The average Bonchev–Trinajstić information content (AvgIpc) is 2.72. The summed E-state index contributed by atoms with van der Waals surface area (Å²) in [6.45, 7) is 4.44. The lowest BCUT2D eigenvalue weighted by Crippen LogP contribution is -2.65. The van der Waals surface area contributed by atoms with E-state index in [-0.39, 0.29) is 35.6 Å². The molecule has 5 N–H and O–H groups in total. The van der Waals surface area contributed by atoms with Gasteiger partial charge in [-0.2, -0.15) is 0 Å². The summed E-state index contributed by atoms with van der Waals surface area (Å²) in [6.07, 6.45) is 1.70. The Morgan fingerprint density at radius 3 is 2.64 bits per heavy atom. The number of nitrogens with one attached hydrogen (secondary N) is 1. The van der Waals surface area contributed by atoms with Crippen molar-refractivity contribution in [3.63, 3.8) is 0 Å². The van der Waals surface area contributed by atoms with Gasteiger partial charge in [0, 0.05) is 23.9 Å². The number of nitrogens with two attached hydrogens (primary N) is 1. The molecule has 1 aromatic heterocycles. The first kappa shape index (κ1) is 23.9. The number of fused-ring (bicyclic) bond motifs is 2. The Morgan fingerprint density at radius 2 is 1.97 bits per heavy atom. The van der Waals surface area contributed by atoms with E-state index in [2.05, 4.69) is 15.3 Å². The number of amidine groups is 1. The highest BCUT2D eigenvalue weighted by atomic mass is 35.5. The summed E-state index contributed by atoms with van der Waals surface area (Å²) < 4.78 is 52.3. The first-order chi connectivity index (χ1) is 15.3. The van der Waals surface area contributed by atoms with Crippen LogP contribution in [-0.4, -0.2) is 35.6 Å². The zero-order valence-electron chi connectivity index (χ0n) is 18.3. The molecule has 2 bridgehead atoms. The van der Waals surface area contributed by atoms with Gasteiger partial charge in [0.2, 0.25) is 5.00 Å². The molecule has 0 spiro atoms. The van der Waals surface area contributed by atoms with Crippen LogP contribution in [-0.2, 0) is 5.54 Å².